The summed E-state index contributed by atoms with van der Waals surface area (Å²) in [5.41, 5.74) is 3.33. The summed E-state index contributed by atoms with van der Waals surface area (Å²) in [6.45, 7) is 8.45. The SMILES string of the molecule is C=C(Oc1ccc(C(C)(C)c2ccc(OC)cc2)cc1)c1ccccc1. The summed E-state index contributed by atoms with van der Waals surface area (Å²) in [4.78, 5) is 0. The summed E-state index contributed by atoms with van der Waals surface area (Å²) in [5.74, 6) is 2.30. The van der Waals surface area contributed by atoms with E-state index in [0.717, 1.165) is 17.1 Å². The molecular weight excluding hydrogens is 320 g/mol. The van der Waals surface area contributed by atoms with Gasteiger partial charge in [0, 0.05) is 11.0 Å². The zero-order valence-corrected chi connectivity index (χ0v) is 15.5. The van der Waals surface area contributed by atoms with Gasteiger partial charge in [-0.3, -0.25) is 0 Å². The number of ether oxygens (including phenoxy) is 2. The van der Waals surface area contributed by atoms with E-state index in [1.807, 2.05) is 54.6 Å². The van der Waals surface area contributed by atoms with Crippen LogP contribution in [0.5, 0.6) is 11.5 Å². The van der Waals surface area contributed by atoms with Crippen molar-refractivity contribution in [2.24, 2.45) is 0 Å². The van der Waals surface area contributed by atoms with Gasteiger partial charge in [0.15, 0.2) is 0 Å². The third kappa shape index (κ3) is 3.80. The van der Waals surface area contributed by atoms with Crippen molar-refractivity contribution in [3.8, 4) is 11.5 Å². The largest absolute Gasteiger partial charge is 0.497 e. The van der Waals surface area contributed by atoms with Crippen molar-refractivity contribution < 1.29 is 9.47 Å². The highest BCUT2D eigenvalue weighted by Crippen LogP contribution is 2.33. The molecule has 0 radical (unpaired) electrons. The summed E-state index contributed by atoms with van der Waals surface area (Å²) in [7, 11) is 1.68. The third-order valence-corrected chi connectivity index (χ3v) is 4.72. The Kier molecular flexibility index (Phi) is 5.13. The number of rotatable bonds is 6. The summed E-state index contributed by atoms with van der Waals surface area (Å²) >= 11 is 0. The zero-order valence-electron chi connectivity index (χ0n) is 15.5. The molecule has 3 rings (SSSR count). The van der Waals surface area contributed by atoms with Crippen LogP contribution in [0.3, 0.4) is 0 Å². The monoisotopic (exact) mass is 344 g/mol. The van der Waals surface area contributed by atoms with E-state index >= 15 is 0 Å². The minimum absolute atomic E-state index is 0.110. The van der Waals surface area contributed by atoms with Crippen LogP contribution in [0.4, 0.5) is 0 Å². The lowest BCUT2D eigenvalue weighted by Gasteiger charge is -2.26. The van der Waals surface area contributed by atoms with Crippen LogP contribution in [0.25, 0.3) is 5.76 Å². The second-order valence-corrected chi connectivity index (χ2v) is 6.77. The molecule has 0 aliphatic heterocycles. The fourth-order valence-electron chi connectivity index (χ4n) is 2.94. The van der Waals surface area contributed by atoms with Crippen LogP contribution in [-0.2, 0) is 5.41 Å². The van der Waals surface area contributed by atoms with Crippen molar-refractivity contribution in [3.63, 3.8) is 0 Å². The number of benzene rings is 3. The molecular formula is C24H24O2. The van der Waals surface area contributed by atoms with Gasteiger partial charge in [-0.1, -0.05) is 75.0 Å². The molecule has 0 atom stereocenters. The molecule has 0 unspecified atom stereocenters. The lowest BCUT2D eigenvalue weighted by molar-refractivity contribution is 0.414. The molecule has 0 heterocycles. The molecule has 0 N–H and O–H groups in total. The highest BCUT2D eigenvalue weighted by molar-refractivity contribution is 5.59. The molecule has 26 heavy (non-hydrogen) atoms. The molecule has 3 aromatic rings. The Morgan fingerprint density at radius 2 is 1.23 bits per heavy atom. The lowest BCUT2D eigenvalue weighted by atomic mass is 9.78. The minimum Gasteiger partial charge on any atom is -0.497 e. The first-order valence-electron chi connectivity index (χ1n) is 8.68. The molecule has 3 aromatic carbocycles. The van der Waals surface area contributed by atoms with Gasteiger partial charge in [0.25, 0.3) is 0 Å². The summed E-state index contributed by atoms with van der Waals surface area (Å²) in [6.07, 6.45) is 0. The van der Waals surface area contributed by atoms with Gasteiger partial charge < -0.3 is 9.47 Å². The van der Waals surface area contributed by atoms with Crippen molar-refractivity contribution in [2.45, 2.75) is 19.3 Å². The van der Waals surface area contributed by atoms with Crippen LogP contribution in [0.1, 0.15) is 30.5 Å². The van der Waals surface area contributed by atoms with Crippen LogP contribution in [0.15, 0.2) is 85.4 Å². The zero-order chi connectivity index (χ0) is 18.6. The fourth-order valence-corrected chi connectivity index (χ4v) is 2.94. The van der Waals surface area contributed by atoms with Crippen LogP contribution in [0.2, 0.25) is 0 Å². The van der Waals surface area contributed by atoms with Crippen LogP contribution in [-0.4, -0.2) is 7.11 Å². The standard InChI is InChI=1S/C24H24O2/c1-18(19-8-6-5-7-9-19)26-23-16-12-21(13-17-23)24(2,3)20-10-14-22(25-4)15-11-20/h5-17H,1H2,2-4H3. The average molecular weight is 344 g/mol. The van der Waals surface area contributed by atoms with Gasteiger partial charge in [-0.05, 0) is 35.4 Å². The molecule has 132 valence electrons. The maximum Gasteiger partial charge on any atom is 0.127 e. The minimum atomic E-state index is -0.110. The van der Waals surface area contributed by atoms with Gasteiger partial charge >= 0.3 is 0 Å². The molecule has 2 heteroatoms. The molecule has 0 aliphatic rings. The quantitative estimate of drug-likeness (QED) is 0.505. The van der Waals surface area contributed by atoms with Crippen LogP contribution >= 0.6 is 0 Å². The Balaban J connectivity index is 1.76. The Morgan fingerprint density at radius 1 is 0.731 bits per heavy atom. The van der Waals surface area contributed by atoms with Gasteiger partial charge in [-0.15, -0.1) is 0 Å². The van der Waals surface area contributed by atoms with E-state index in [-0.39, 0.29) is 5.41 Å². The predicted molar refractivity (Wildman–Crippen MR) is 108 cm³/mol. The first-order chi connectivity index (χ1) is 12.5. The van der Waals surface area contributed by atoms with Gasteiger partial charge in [0.05, 0.1) is 7.11 Å². The smallest absolute Gasteiger partial charge is 0.127 e. The maximum absolute atomic E-state index is 5.89. The highest BCUT2D eigenvalue weighted by Gasteiger charge is 2.23. The molecule has 0 bridgehead atoms. The van der Waals surface area contributed by atoms with Crippen molar-refractivity contribution >= 4 is 5.76 Å². The Labute approximate surface area is 155 Å². The van der Waals surface area contributed by atoms with Gasteiger partial charge in [0.2, 0.25) is 0 Å². The Hall–Kier alpha value is -3.00. The highest BCUT2D eigenvalue weighted by atomic mass is 16.5. The van der Waals surface area contributed by atoms with Crippen molar-refractivity contribution in [3.05, 3.63) is 102 Å². The first kappa shape index (κ1) is 17.8. The van der Waals surface area contributed by atoms with E-state index in [0.29, 0.717) is 5.76 Å². The average Bonchev–Trinajstić information content (AvgIpc) is 2.69. The van der Waals surface area contributed by atoms with E-state index < -0.39 is 0 Å². The van der Waals surface area contributed by atoms with Gasteiger partial charge in [0.1, 0.15) is 17.3 Å². The molecule has 2 nitrogen and oxygen atoms in total. The van der Waals surface area contributed by atoms with Crippen molar-refractivity contribution in [1.82, 2.24) is 0 Å². The molecule has 0 fully saturated rings. The number of hydrogen-bond acceptors (Lipinski definition) is 2. The predicted octanol–water partition coefficient (Wildman–Crippen LogP) is 6.07. The summed E-state index contributed by atoms with van der Waals surface area (Å²) in [6, 6.07) is 26.3. The van der Waals surface area contributed by atoms with E-state index in [2.05, 4.69) is 44.7 Å². The number of methoxy groups -OCH3 is 1. The molecule has 0 saturated heterocycles. The van der Waals surface area contributed by atoms with E-state index in [4.69, 9.17) is 9.47 Å². The van der Waals surface area contributed by atoms with E-state index in [1.54, 1.807) is 7.11 Å². The normalized spacial score (nSPS) is 11.0. The molecule has 0 saturated carbocycles. The number of hydrogen-bond donors (Lipinski definition) is 0. The summed E-state index contributed by atoms with van der Waals surface area (Å²) in [5, 5.41) is 0. The second-order valence-electron chi connectivity index (χ2n) is 6.77. The molecule has 0 aromatic heterocycles. The van der Waals surface area contributed by atoms with E-state index in [9.17, 15) is 0 Å². The van der Waals surface area contributed by atoms with Gasteiger partial charge in [-0.25, -0.2) is 0 Å². The third-order valence-electron chi connectivity index (χ3n) is 4.72. The summed E-state index contributed by atoms with van der Waals surface area (Å²) < 4.78 is 11.1. The Bertz CT molecular complexity index is 860. The van der Waals surface area contributed by atoms with Crippen LogP contribution < -0.4 is 9.47 Å². The maximum atomic E-state index is 5.89. The van der Waals surface area contributed by atoms with E-state index in [1.165, 1.54) is 11.1 Å². The second kappa shape index (κ2) is 7.49. The topological polar surface area (TPSA) is 18.5 Å². The molecule has 0 spiro atoms. The van der Waals surface area contributed by atoms with Gasteiger partial charge in [-0.2, -0.15) is 0 Å². The van der Waals surface area contributed by atoms with Crippen molar-refractivity contribution in [1.29, 1.82) is 0 Å². The van der Waals surface area contributed by atoms with Crippen LogP contribution in [0, 0.1) is 0 Å². The first-order valence-corrected chi connectivity index (χ1v) is 8.68. The lowest BCUT2D eigenvalue weighted by Crippen LogP contribution is -2.18. The molecule has 0 aliphatic carbocycles. The fraction of sp³-hybridized carbons (Fsp3) is 0.167. The molecule has 0 amide bonds. The van der Waals surface area contributed by atoms with Crippen molar-refractivity contribution in [2.75, 3.05) is 7.11 Å². The Morgan fingerprint density at radius 3 is 1.73 bits per heavy atom.